The van der Waals surface area contributed by atoms with Crippen LogP contribution in [0, 0.1) is 5.92 Å². The summed E-state index contributed by atoms with van der Waals surface area (Å²) in [6.45, 7) is 4.55. The van der Waals surface area contributed by atoms with Gasteiger partial charge in [0.15, 0.2) is 0 Å². The standard InChI is InChI=1S/C16H23Cl2NO/c1-11-4-3-7-16(9-11,10-20)19-12(2)13-5-6-14(17)15(18)8-13/h5-6,8,11-12,19-20H,3-4,7,9-10H2,1-2H3. The first-order valence-corrected chi connectivity index (χ1v) is 8.05. The summed E-state index contributed by atoms with van der Waals surface area (Å²) in [7, 11) is 0. The van der Waals surface area contributed by atoms with Crippen molar-refractivity contribution in [2.75, 3.05) is 6.61 Å². The van der Waals surface area contributed by atoms with Crippen molar-refractivity contribution >= 4 is 23.2 Å². The average Bonchev–Trinajstić information content (AvgIpc) is 2.41. The summed E-state index contributed by atoms with van der Waals surface area (Å²) in [6, 6.07) is 5.86. The Hall–Kier alpha value is -0.280. The molecular weight excluding hydrogens is 293 g/mol. The lowest BCUT2D eigenvalue weighted by Crippen LogP contribution is -2.52. The Morgan fingerprint density at radius 1 is 1.40 bits per heavy atom. The third-order valence-electron chi connectivity index (χ3n) is 4.36. The van der Waals surface area contributed by atoms with E-state index in [1.165, 1.54) is 12.8 Å². The minimum absolute atomic E-state index is 0.141. The minimum Gasteiger partial charge on any atom is -0.394 e. The third kappa shape index (κ3) is 3.67. The van der Waals surface area contributed by atoms with E-state index in [9.17, 15) is 5.11 Å². The summed E-state index contributed by atoms with van der Waals surface area (Å²) in [6.07, 6.45) is 4.47. The van der Waals surface area contributed by atoms with Gasteiger partial charge in [-0.2, -0.15) is 0 Å². The molecule has 0 radical (unpaired) electrons. The third-order valence-corrected chi connectivity index (χ3v) is 5.10. The topological polar surface area (TPSA) is 32.3 Å². The molecule has 1 aliphatic rings. The van der Waals surface area contributed by atoms with Gasteiger partial charge >= 0.3 is 0 Å². The normalized spacial score (nSPS) is 28.4. The van der Waals surface area contributed by atoms with Crippen LogP contribution >= 0.6 is 23.2 Å². The molecule has 0 amide bonds. The lowest BCUT2D eigenvalue weighted by atomic mass is 9.76. The van der Waals surface area contributed by atoms with Gasteiger partial charge < -0.3 is 10.4 Å². The van der Waals surface area contributed by atoms with E-state index in [-0.39, 0.29) is 18.2 Å². The fraction of sp³-hybridized carbons (Fsp3) is 0.625. The number of aliphatic hydroxyl groups excluding tert-OH is 1. The number of aliphatic hydroxyl groups is 1. The SMILES string of the molecule is CC1CCCC(CO)(NC(C)c2ccc(Cl)c(Cl)c2)C1. The van der Waals surface area contributed by atoms with Gasteiger partial charge in [-0.3, -0.25) is 0 Å². The van der Waals surface area contributed by atoms with Crippen molar-refractivity contribution in [1.82, 2.24) is 5.32 Å². The van der Waals surface area contributed by atoms with Crippen LogP contribution in [0.1, 0.15) is 51.1 Å². The van der Waals surface area contributed by atoms with E-state index in [1.807, 2.05) is 18.2 Å². The zero-order chi connectivity index (χ0) is 14.8. The summed E-state index contributed by atoms with van der Waals surface area (Å²) in [5, 5.41) is 14.6. The van der Waals surface area contributed by atoms with Crippen LogP contribution in [0.2, 0.25) is 10.0 Å². The van der Waals surface area contributed by atoms with E-state index in [1.54, 1.807) is 0 Å². The van der Waals surface area contributed by atoms with E-state index in [0.717, 1.165) is 18.4 Å². The van der Waals surface area contributed by atoms with Gasteiger partial charge in [0.25, 0.3) is 0 Å². The largest absolute Gasteiger partial charge is 0.394 e. The first-order chi connectivity index (χ1) is 9.46. The molecule has 2 rings (SSSR count). The van der Waals surface area contributed by atoms with Crippen molar-refractivity contribution in [2.24, 2.45) is 5.92 Å². The maximum atomic E-state index is 9.84. The highest BCUT2D eigenvalue weighted by Gasteiger charge is 2.35. The molecule has 2 nitrogen and oxygen atoms in total. The second-order valence-corrected chi connectivity index (χ2v) is 6.99. The summed E-state index contributed by atoms with van der Waals surface area (Å²) < 4.78 is 0. The molecule has 1 aromatic rings. The van der Waals surface area contributed by atoms with Gasteiger partial charge in [-0.1, -0.05) is 49.0 Å². The molecule has 1 fully saturated rings. The lowest BCUT2D eigenvalue weighted by molar-refractivity contribution is 0.0903. The molecule has 0 spiro atoms. The Morgan fingerprint density at radius 3 is 2.75 bits per heavy atom. The number of hydrogen-bond donors (Lipinski definition) is 2. The summed E-state index contributed by atoms with van der Waals surface area (Å²) >= 11 is 12.0. The molecule has 20 heavy (non-hydrogen) atoms. The second kappa shape index (κ2) is 6.65. The first kappa shape index (κ1) is 16.1. The van der Waals surface area contributed by atoms with E-state index in [4.69, 9.17) is 23.2 Å². The van der Waals surface area contributed by atoms with E-state index < -0.39 is 0 Å². The fourth-order valence-electron chi connectivity index (χ4n) is 3.30. The van der Waals surface area contributed by atoms with Gasteiger partial charge in [0, 0.05) is 11.6 Å². The van der Waals surface area contributed by atoms with Gasteiger partial charge in [-0.15, -0.1) is 0 Å². The highest BCUT2D eigenvalue weighted by atomic mass is 35.5. The maximum absolute atomic E-state index is 9.84. The first-order valence-electron chi connectivity index (χ1n) is 7.29. The zero-order valence-corrected chi connectivity index (χ0v) is 13.6. The average molecular weight is 316 g/mol. The van der Waals surface area contributed by atoms with Gasteiger partial charge in [0.1, 0.15) is 0 Å². The van der Waals surface area contributed by atoms with Crippen molar-refractivity contribution < 1.29 is 5.11 Å². The lowest BCUT2D eigenvalue weighted by Gasteiger charge is -2.41. The van der Waals surface area contributed by atoms with E-state index in [2.05, 4.69) is 19.2 Å². The summed E-state index contributed by atoms with van der Waals surface area (Å²) in [5.41, 5.74) is 0.939. The molecule has 112 valence electrons. The van der Waals surface area contributed by atoms with Crippen LogP contribution < -0.4 is 5.32 Å². The van der Waals surface area contributed by atoms with Crippen LogP contribution in [-0.2, 0) is 0 Å². The Labute approximate surface area is 131 Å². The molecular formula is C16H23Cl2NO. The number of hydrogen-bond acceptors (Lipinski definition) is 2. The summed E-state index contributed by atoms with van der Waals surface area (Å²) in [5.74, 6) is 0.657. The van der Waals surface area contributed by atoms with Crippen molar-refractivity contribution in [3.8, 4) is 0 Å². The second-order valence-electron chi connectivity index (χ2n) is 6.18. The molecule has 0 aromatic heterocycles. The Bertz CT molecular complexity index is 466. The van der Waals surface area contributed by atoms with Gasteiger partial charge in [0.05, 0.1) is 16.7 Å². The Kier molecular flexibility index (Phi) is 5.36. The minimum atomic E-state index is -0.163. The van der Waals surface area contributed by atoms with Crippen molar-refractivity contribution in [1.29, 1.82) is 0 Å². The number of benzene rings is 1. The summed E-state index contributed by atoms with van der Waals surface area (Å²) in [4.78, 5) is 0. The zero-order valence-electron chi connectivity index (χ0n) is 12.1. The maximum Gasteiger partial charge on any atom is 0.0613 e. The fourth-order valence-corrected chi connectivity index (χ4v) is 3.61. The molecule has 3 unspecified atom stereocenters. The predicted octanol–water partition coefficient (Wildman–Crippen LogP) is 4.59. The molecule has 1 aliphatic carbocycles. The molecule has 1 aromatic carbocycles. The molecule has 4 heteroatoms. The number of rotatable bonds is 4. The van der Waals surface area contributed by atoms with Crippen LogP contribution in [0.4, 0.5) is 0 Å². The smallest absolute Gasteiger partial charge is 0.0613 e. The van der Waals surface area contributed by atoms with Gasteiger partial charge in [-0.25, -0.2) is 0 Å². The highest BCUT2D eigenvalue weighted by Crippen LogP contribution is 2.34. The molecule has 3 atom stereocenters. The van der Waals surface area contributed by atoms with E-state index >= 15 is 0 Å². The molecule has 0 aliphatic heterocycles. The van der Waals surface area contributed by atoms with Crippen molar-refractivity contribution in [2.45, 2.75) is 51.1 Å². The van der Waals surface area contributed by atoms with Gasteiger partial charge in [0.2, 0.25) is 0 Å². The van der Waals surface area contributed by atoms with Crippen LogP contribution in [-0.4, -0.2) is 17.3 Å². The van der Waals surface area contributed by atoms with Crippen LogP contribution in [0.15, 0.2) is 18.2 Å². The highest BCUT2D eigenvalue weighted by molar-refractivity contribution is 6.42. The monoisotopic (exact) mass is 315 g/mol. The molecule has 0 bridgehead atoms. The predicted molar refractivity (Wildman–Crippen MR) is 85.5 cm³/mol. The molecule has 0 heterocycles. The molecule has 1 saturated carbocycles. The molecule has 0 saturated heterocycles. The van der Waals surface area contributed by atoms with Crippen LogP contribution in [0.25, 0.3) is 0 Å². The number of nitrogens with one attached hydrogen (secondary N) is 1. The van der Waals surface area contributed by atoms with Crippen molar-refractivity contribution in [3.63, 3.8) is 0 Å². The molecule has 2 N–H and O–H groups in total. The number of halogens is 2. The van der Waals surface area contributed by atoms with Crippen LogP contribution in [0.5, 0.6) is 0 Å². The Morgan fingerprint density at radius 2 is 2.15 bits per heavy atom. The van der Waals surface area contributed by atoms with Crippen LogP contribution in [0.3, 0.4) is 0 Å². The van der Waals surface area contributed by atoms with Crippen molar-refractivity contribution in [3.05, 3.63) is 33.8 Å². The quantitative estimate of drug-likeness (QED) is 0.852. The van der Waals surface area contributed by atoms with Gasteiger partial charge in [-0.05, 0) is 43.4 Å². The Balaban J connectivity index is 2.12. The van der Waals surface area contributed by atoms with E-state index in [0.29, 0.717) is 16.0 Å².